The summed E-state index contributed by atoms with van der Waals surface area (Å²) in [5.41, 5.74) is 3.46. The van der Waals surface area contributed by atoms with Crippen LogP contribution in [0.5, 0.6) is 0 Å². The molecule has 0 fully saturated rings. The summed E-state index contributed by atoms with van der Waals surface area (Å²) in [5.74, 6) is 0.833. The molecule has 1 aromatic heterocycles. The number of carbonyl (C=O) groups is 1. The van der Waals surface area contributed by atoms with E-state index in [9.17, 15) is 4.79 Å². The predicted octanol–water partition coefficient (Wildman–Crippen LogP) is 4.19. The van der Waals surface area contributed by atoms with Gasteiger partial charge in [-0.3, -0.25) is 4.79 Å². The number of hydrogen-bond acceptors (Lipinski definition) is 4. The zero-order chi connectivity index (χ0) is 19.1. The first-order valence-corrected chi connectivity index (χ1v) is 9.02. The number of methoxy groups -OCH3 is 1. The molecule has 140 valence electrons. The molecular formula is C22H24N2O3. The van der Waals surface area contributed by atoms with Crippen molar-refractivity contribution in [2.45, 2.75) is 19.4 Å². The summed E-state index contributed by atoms with van der Waals surface area (Å²) in [6.07, 6.45) is 1.54. The van der Waals surface area contributed by atoms with Gasteiger partial charge in [-0.15, -0.1) is 0 Å². The highest BCUT2D eigenvalue weighted by atomic mass is 16.5. The van der Waals surface area contributed by atoms with E-state index in [-0.39, 0.29) is 5.91 Å². The maximum absolute atomic E-state index is 12.7. The van der Waals surface area contributed by atoms with Crippen LogP contribution in [0.15, 0.2) is 65.2 Å². The molecule has 0 bridgehead atoms. The summed E-state index contributed by atoms with van der Waals surface area (Å²) < 4.78 is 10.6. The third kappa shape index (κ3) is 4.83. The molecule has 0 aliphatic heterocycles. The molecular weight excluding hydrogens is 340 g/mol. The van der Waals surface area contributed by atoms with Crippen molar-refractivity contribution >= 4 is 5.91 Å². The summed E-state index contributed by atoms with van der Waals surface area (Å²) >= 11 is 0. The van der Waals surface area contributed by atoms with E-state index in [4.69, 9.17) is 9.26 Å². The van der Waals surface area contributed by atoms with E-state index >= 15 is 0 Å². The molecule has 3 aromatic rings. The molecule has 2 aromatic carbocycles. The lowest BCUT2D eigenvalue weighted by Crippen LogP contribution is -2.29. The summed E-state index contributed by atoms with van der Waals surface area (Å²) in [7, 11) is 3.45. The molecule has 1 amide bonds. The summed E-state index contributed by atoms with van der Waals surface area (Å²) in [5, 5.41) is 4.13. The van der Waals surface area contributed by atoms with Crippen LogP contribution in [-0.4, -0.2) is 36.7 Å². The van der Waals surface area contributed by atoms with Gasteiger partial charge in [-0.2, -0.15) is 0 Å². The van der Waals surface area contributed by atoms with Gasteiger partial charge in [0.25, 0.3) is 5.91 Å². The number of hydrogen-bond donors (Lipinski definition) is 0. The van der Waals surface area contributed by atoms with Crippen molar-refractivity contribution in [2.24, 2.45) is 0 Å². The van der Waals surface area contributed by atoms with Gasteiger partial charge in [0.05, 0.1) is 6.61 Å². The van der Waals surface area contributed by atoms with Gasteiger partial charge in [0.1, 0.15) is 11.5 Å². The van der Waals surface area contributed by atoms with E-state index in [1.807, 2.05) is 67.7 Å². The van der Waals surface area contributed by atoms with Gasteiger partial charge < -0.3 is 14.2 Å². The number of ether oxygens (including phenoxy) is 1. The number of nitrogens with zero attached hydrogens (tertiary/aromatic N) is 2. The topological polar surface area (TPSA) is 55.6 Å². The molecule has 5 nitrogen and oxygen atoms in total. The van der Waals surface area contributed by atoms with Gasteiger partial charge in [0.15, 0.2) is 0 Å². The van der Waals surface area contributed by atoms with Gasteiger partial charge >= 0.3 is 0 Å². The van der Waals surface area contributed by atoms with Crippen molar-refractivity contribution < 1.29 is 14.1 Å². The molecule has 0 N–H and O–H groups in total. The molecule has 0 aliphatic carbocycles. The standard InChI is InChI=1S/C22H24N2O3/c1-24(22(25)20-13-7-6-11-18(20)16-26-2)14-8-12-19-15-21(23-27-19)17-9-4-3-5-10-17/h3-7,9-11,13,15H,8,12,14,16H2,1-2H3. The summed E-state index contributed by atoms with van der Waals surface area (Å²) in [6.45, 7) is 1.07. The summed E-state index contributed by atoms with van der Waals surface area (Å²) in [6, 6.07) is 19.5. The van der Waals surface area contributed by atoms with Crippen LogP contribution >= 0.6 is 0 Å². The Morgan fingerprint density at radius 1 is 1.11 bits per heavy atom. The lowest BCUT2D eigenvalue weighted by atomic mass is 10.1. The third-order valence-corrected chi connectivity index (χ3v) is 4.44. The average Bonchev–Trinajstić information content (AvgIpc) is 3.18. The zero-order valence-electron chi connectivity index (χ0n) is 15.7. The molecule has 1 heterocycles. The number of aryl methyl sites for hydroxylation is 1. The molecule has 5 heteroatoms. The lowest BCUT2D eigenvalue weighted by Gasteiger charge is -2.18. The monoisotopic (exact) mass is 364 g/mol. The van der Waals surface area contributed by atoms with E-state index < -0.39 is 0 Å². The number of aromatic nitrogens is 1. The Balaban J connectivity index is 1.55. The molecule has 0 aliphatic rings. The smallest absolute Gasteiger partial charge is 0.253 e. The second kappa shape index (κ2) is 9.14. The number of rotatable bonds is 8. The predicted molar refractivity (Wildman–Crippen MR) is 104 cm³/mol. The molecule has 0 spiro atoms. The third-order valence-electron chi connectivity index (χ3n) is 4.44. The van der Waals surface area contributed by atoms with Crippen molar-refractivity contribution in [1.29, 1.82) is 0 Å². The molecule has 0 radical (unpaired) electrons. The van der Waals surface area contributed by atoms with E-state index in [1.165, 1.54) is 0 Å². The highest BCUT2D eigenvalue weighted by Gasteiger charge is 2.15. The van der Waals surface area contributed by atoms with Crippen LogP contribution in [0, 0.1) is 0 Å². The van der Waals surface area contributed by atoms with Crippen molar-refractivity contribution in [1.82, 2.24) is 10.1 Å². The van der Waals surface area contributed by atoms with Gasteiger partial charge in [0.2, 0.25) is 0 Å². The first kappa shape index (κ1) is 18.9. The van der Waals surface area contributed by atoms with E-state index in [0.29, 0.717) is 18.7 Å². The number of carbonyl (C=O) groups excluding carboxylic acids is 1. The van der Waals surface area contributed by atoms with Crippen LogP contribution < -0.4 is 0 Å². The number of benzene rings is 2. The van der Waals surface area contributed by atoms with E-state index in [2.05, 4.69) is 5.16 Å². The van der Waals surface area contributed by atoms with Crippen LogP contribution in [0.4, 0.5) is 0 Å². The Morgan fingerprint density at radius 2 is 1.85 bits per heavy atom. The Bertz CT molecular complexity index is 874. The van der Waals surface area contributed by atoms with E-state index in [1.54, 1.807) is 12.0 Å². The molecule has 27 heavy (non-hydrogen) atoms. The van der Waals surface area contributed by atoms with Gasteiger partial charge in [-0.25, -0.2) is 0 Å². The molecule has 0 atom stereocenters. The maximum atomic E-state index is 12.7. The lowest BCUT2D eigenvalue weighted by molar-refractivity contribution is 0.0788. The Hall–Kier alpha value is -2.92. The zero-order valence-corrected chi connectivity index (χ0v) is 15.7. The van der Waals surface area contributed by atoms with Crippen molar-refractivity contribution in [2.75, 3.05) is 20.7 Å². The first-order chi connectivity index (χ1) is 13.2. The van der Waals surface area contributed by atoms with Crippen LogP contribution in [-0.2, 0) is 17.8 Å². The molecule has 0 unspecified atom stereocenters. The van der Waals surface area contributed by atoms with Crippen LogP contribution in [0.2, 0.25) is 0 Å². The first-order valence-electron chi connectivity index (χ1n) is 9.02. The van der Waals surface area contributed by atoms with Crippen molar-refractivity contribution in [3.63, 3.8) is 0 Å². The average molecular weight is 364 g/mol. The SMILES string of the molecule is COCc1ccccc1C(=O)N(C)CCCc1cc(-c2ccccc2)no1. The van der Waals surface area contributed by atoms with E-state index in [0.717, 1.165) is 35.4 Å². The quantitative estimate of drug-likeness (QED) is 0.601. The fourth-order valence-corrected chi connectivity index (χ4v) is 2.98. The second-order valence-corrected chi connectivity index (χ2v) is 6.46. The van der Waals surface area contributed by atoms with Crippen LogP contribution in [0.1, 0.15) is 28.1 Å². The molecule has 3 rings (SSSR count). The van der Waals surface area contributed by atoms with Crippen molar-refractivity contribution in [3.05, 3.63) is 77.6 Å². The normalized spacial score (nSPS) is 10.7. The van der Waals surface area contributed by atoms with Crippen LogP contribution in [0.3, 0.4) is 0 Å². The Kier molecular flexibility index (Phi) is 6.39. The minimum absolute atomic E-state index is 0.00481. The highest BCUT2D eigenvalue weighted by molar-refractivity contribution is 5.95. The Labute approximate surface area is 159 Å². The fourth-order valence-electron chi connectivity index (χ4n) is 2.98. The maximum Gasteiger partial charge on any atom is 0.253 e. The largest absolute Gasteiger partial charge is 0.380 e. The Morgan fingerprint density at radius 3 is 2.63 bits per heavy atom. The minimum Gasteiger partial charge on any atom is -0.380 e. The van der Waals surface area contributed by atoms with Gasteiger partial charge in [-0.1, -0.05) is 53.7 Å². The molecule has 0 saturated heterocycles. The van der Waals surface area contributed by atoms with Gasteiger partial charge in [0, 0.05) is 44.3 Å². The van der Waals surface area contributed by atoms with Gasteiger partial charge in [-0.05, 0) is 18.1 Å². The summed E-state index contributed by atoms with van der Waals surface area (Å²) in [4.78, 5) is 14.4. The number of amides is 1. The van der Waals surface area contributed by atoms with Crippen LogP contribution in [0.25, 0.3) is 11.3 Å². The molecule has 0 saturated carbocycles. The minimum atomic E-state index is 0.00481. The second-order valence-electron chi connectivity index (χ2n) is 6.46. The van der Waals surface area contributed by atoms with Crippen molar-refractivity contribution in [3.8, 4) is 11.3 Å². The highest BCUT2D eigenvalue weighted by Crippen LogP contribution is 2.19. The fraction of sp³-hybridized carbons (Fsp3) is 0.273.